The molecule has 31 heavy (non-hydrogen) atoms. The van der Waals surface area contributed by atoms with Gasteiger partial charge < -0.3 is 15.0 Å². The van der Waals surface area contributed by atoms with E-state index in [-0.39, 0.29) is 24.3 Å². The summed E-state index contributed by atoms with van der Waals surface area (Å²) >= 11 is 0. The molecule has 0 aliphatic carbocycles. The fraction of sp³-hybridized carbons (Fsp3) is 0.462. The van der Waals surface area contributed by atoms with E-state index in [0.717, 1.165) is 16.7 Å². The molecule has 0 heterocycles. The molecule has 1 atom stereocenters. The van der Waals surface area contributed by atoms with Crippen LogP contribution in [0.1, 0.15) is 57.2 Å². The van der Waals surface area contributed by atoms with Crippen LogP contribution in [0, 0.1) is 12.8 Å². The maximum absolute atomic E-state index is 13.2. The van der Waals surface area contributed by atoms with Gasteiger partial charge in [-0.2, -0.15) is 0 Å². The molecule has 0 spiro atoms. The zero-order valence-electron chi connectivity index (χ0n) is 19.6. The lowest BCUT2D eigenvalue weighted by atomic mass is 10.0. The largest absolute Gasteiger partial charge is 0.483 e. The molecule has 0 aromatic heterocycles. The van der Waals surface area contributed by atoms with Crippen molar-refractivity contribution in [2.24, 2.45) is 5.92 Å². The minimum atomic E-state index is -0.600. The average molecular weight is 425 g/mol. The molecule has 2 rings (SSSR count). The predicted molar refractivity (Wildman–Crippen MR) is 125 cm³/mol. The van der Waals surface area contributed by atoms with Crippen molar-refractivity contribution >= 4 is 11.8 Å². The van der Waals surface area contributed by atoms with Gasteiger partial charge in [-0.15, -0.1) is 0 Å². The molecule has 168 valence electrons. The summed E-state index contributed by atoms with van der Waals surface area (Å²) in [7, 11) is 0. The molecule has 5 nitrogen and oxygen atoms in total. The first-order valence-electron chi connectivity index (χ1n) is 11.0. The van der Waals surface area contributed by atoms with E-state index in [1.165, 1.54) is 0 Å². The summed E-state index contributed by atoms with van der Waals surface area (Å²) in [5.74, 6) is 0.963. The number of ether oxygens (including phenoxy) is 1. The Balaban J connectivity index is 2.17. The lowest BCUT2D eigenvalue weighted by Crippen LogP contribution is -2.49. The lowest BCUT2D eigenvalue weighted by molar-refractivity contribution is -0.142. The molecule has 2 aromatic rings. The van der Waals surface area contributed by atoms with Crippen LogP contribution in [0.15, 0.2) is 48.5 Å². The zero-order chi connectivity index (χ0) is 23.0. The molecule has 0 bridgehead atoms. The average Bonchev–Trinajstić information content (AvgIpc) is 2.75. The topological polar surface area (TPSA) is 58.6 Å². The first kappa shape index (κ1) is 24.4. The van der Waals surface area contributed by atoms with Crippen LogP contribution >= 0.6 is 0 Å². The van der Waals surface area contributed by atoms with E-state index >= 15 is 0 Å². The number of nitrogens with one attached hydrogen (secondary N) is 1. The highest BCUT2D eigenvalue weighted by molar-refractivity contribution is 5.88. The first-order valence-corrected chi connectivity index (χ1v) is 11.0. The highest BCUT2D eigenvalue weighted by Crippen LogP contribution is 2.26. The number of hydrogen-bond acceptors (Lipinski definition) is 3. The summed E-state index contributed by atoms with van der Waals surface area (Å²) in [6.45, 7) is 12.9. The maximum Gasteiger partial charge on any atom is 0.261 e. The summed E-state index contributed by atoms with van der Waals surface area (Å²) in [5.41, 5.74) is 3.19. The Hall–Kier alpha value is -2.82. The number of aryl methyl sites for hydroxylation is 1. The van der Waals surface area contributed by atoms with Gasteiger partial charge in [0, 0.05) is 13.1 Å². The van der Waals surface area contributed by atoms with E-state index in [1.807, 2.05) is 69.3 Å². The fourth-order valence-corrected chi connectivity index (χ4v) is 3.24. The molecule has 0 aliphatic rings. The molecule has 0 fully saturated rings. The normalized spacial score (nSPS) is 12.0. The number of carbonyl (C=O) groups is 2. The van der Waals surface area contributed by atoms with E-state index in [0.29, 0.717) is 24.8 Å². The Morgan fingerprint density at radius 2 is 1.61 bits per heavy atom. The number of para-hydroxylation sites is 1. The first-order chi connectivity index (χ1) is 14.7. The van der Waals surface area contributed by atoms with Crippen LogP contribution in [0.3, 0.4) is 0 Å². The Morgan fingerprint density at radius 3 is 2.23 bits per heavy atom. The second-order valence-electron chi connectivity index (χ2n) is 8.80. The number of rotatable bonds is 10. The molecule has 2 amide bonds. The van der Waals surface area contributed by atoms with Crippen molar-refractivity contribution in [1.82, 2.24) is 10.2 Å². The van der Waals surface area contributed by atoms with Gasteiger partial charge in [-0.1, -0.05) is 75.7 Å². The van der Waals surface area contributed by atoms with E-state index in [2.05, 4.69) is 19.2 Å². The lowest BCUT2D eigenvalue weighted by Gasteiger charge is -2.29. The summed E-state index contributed by atoms with van der Waals surface area (Å²) < 4.78 is 5.90. The van der Waals surface area contributed by atoms with Crippen LogP contribution in [0.25, 0.3) is 0 Å². The van der Waals surface area contributed by atoms with Crippen molar-refractivity contribution in [3.8, 4) is 5.75 Å². The molecule has 0 saturated heterocycles. The van der Waals surface area contributed by atoms with Crippen molar-refractivity contribution in [3.63, 3.8) is 0 Å². The third kappa shape index (κ3) is 7.42. The standard InChI is InChI=1S/C26H36N2O3/c1-18(2)15-27-26(30)21(6)28(16-22-13-11-20(5)12-14-22)25(29)17-31-24-10-8-7-9-23(24)19(3)4/h7-14,18-19,21H,15-17H2,1-6H3,(H,27,30)/t21-/m0/s1. The van der Waals surface area contributed by atoms with Gasteiger partial charge in [0.05, 0.1) is 0 Å². The third-order valence-corrected chi connectivity index (χ3v) is 5.22. The summed E-state index contributed by atoms with van der Waals surface area (Å²) in [6, 6.07) is 15.2. The zero-order valence-corrected chi connectivity index (χ0v) is 19.6. The number of hydrogen-bond donors (Lipinski definition) is 1. The Kier molecular flexibility index (Phi) is 9.10. The van der Waals surface area contributed by atoms with E-state index < -0.39 is 6.04 Å². The van der Waals surface area contributed by atoms with Crippen LogP contribution in [-0.4, -0.2) is 35.9 Å². The summed E-state index contributed by atoms with van der Waals surface area (Å²) in [4.78, 5) is 27.5. The fourth-order valence-electron chi connectivity index (χ4n) is 3.24. The Labute approximate surface area is 186 Å². The quantitative estimate of drug-likeness (QED) is 0.602. The molecule has 5 heteroatoms. The second-order valence-corrected chi connectivity index (χ2v) is 8.80. The van der Waals surface area contributed by atoms with Crippen molar-refractivity contribution in [2.45, 2.75) is 60.0 Å². The molecule has 1 N–H and O–H groups in total. The Bertz CT molecular complexity index is 859. The van der Waals surface area contributed by atoms with Gasteiger partial charge in [0.2, 0.25) is 5.91 Å². The van der Waals surface area contributed by atoms with Gasteiger partial charge in [0.1, 0.15) is 11.8 Å². The SMILES string of the molecule is Cc1ccc(CN(C(=O)COc2ccccc2C(C)C)[C@@H](C)C(=O)NCC(C)C)cc1. The van der Waals surface area contributed by atoms with Gasteiger partial charge in [0.25, 0.3) is 5.91 Å². The number of benzene rings is 2. The molecule has 0 radical (unpaired) electrons. The monoisotopic (exact) mass is 424 g/mol. The van der Waals surface area contributed by atoms with E-state index in [4.69, 9.17) is 4.74 Å². The van der Waals surface area contributed by atoms with Crippen LogP contribution in [-0.2, 0) is 16.1 Å². The van der Waals surface area contributed by atoms with Crippen molar-refractivity contribution < 1.29 is 14.3 Å². The van der Waals surface area contributed by atoms with E-state index in [1.54, 1.807) is 11.8 Å². The van der Waals surface area contributed by atoms with Gasteiger partial charge in [-0.25, -0.2) is 0 Å². The summed E-state index contributed by atoms with van der Waals surface area (Å²) in [6.07, 6.45) is 0. The smallest absolute Gasteiger partial charge is 0.261 e. The minimum Gasteiger partial charge on any atom is -0.483 e. The number of nitrogens with zero attached hydrogens (tertiary/aromatic N) is 1. The second kappa shape index (κ2) is 11.5. The number of amides is 2. The minimum absolute atomic E-state index is 0.114. The molecule has 0 aliphatic heterocycles. The number of carbonyl (C=O) groups excluding carboxylic acids is 2. The van der Waals surface area contributed by atoms with Crippen LogP contribution in [0.4, 0.5) is 0 Å². The van der Waals surface area contributed by atoms with Crippen LogP contribution in [0.5, 0.6) is 5.75 Å². The van der Waals surface area contributed by atoms with Gasteiger partial charge in [-0.3, -0.25) is 9.59 Å². The van der Waals surface area contributed by atoms with Gasteiger partial charge in [0.15, 0.2) is 6.61 Å². The predicted octanol–water partition coefficient (Wildman–Crippen LogP) is 4.69. The van der Waals surface area contributed by atoms with Crippen molar-refractivity contribution in [1.29, 1.82) is 0 Å². The van der Waals surface area contributed by atoms with Crippen LogP contribution in [0.2, 0.25) is 0 Å². The van der Waals surface area contributed by atoms with Gasteiger partial charge >= 0.3 is 0 Å². The van der Waals surface area contributed by atoms with Crippen molar-refractivity contribution in [3.05, 3.63) is 65.2 Å². The van der Waals surface area contributed by atoms with Gasteiger partial charge in [-0.05, 0) is 42.9 Å². The third-order valence-electron chi connectivity index (χ3n) is 5.22. The maximum atomic E-state index is 13.2. The molecule has 2 aromatic carbocycles. The van der Waals surface area contributed by atoms with Crippen molar-refractivity contribution in [2.75, 3.05) is 13.2 Å². The van der Waals surface area contributed by atoms with E-state index in [9.17, 15) is 9.59 Å². The van der Waals surface area contributed by atoms with Crippen LogP contribution < -0.4 is 10.1 Å². The molecule has 0 unspecified atom stereocenters. The molecule has 0 saturated carbocycles. The molecular weight excluding hydrogens is 388 g/mol. The highest BCUT2D eigenvalue weighted by Gasteiger charge is 2.26. The molecular formula is C26H36N2O3. The summed E-state index contributed by atoms with van der Waals surface area (Å²) in [5, 5.41) is 2.94. The Morgan fingerprint density at radius 1 is 0.968 bits per heavy atom. The highest BCUT2D eigenvalue weighted by atomic mass is 16.5.